The maximum Gasteiger partial charge on any atom is 0.322 e. The van der Waals surface area contributed by atoms with Crippen molar-refractivity contribution >= 4 is 39.0 Å². The van der Waals surface area contributed by atoms with E-state index in [0.717, 1.165) is 21.8 Å². The number of carbonyl (C=O) groups excluding carboxylic acids is 1. The molecule has 8 heteroatoms. The second kappa shape index (κ2) is 6.85. The van der Waals surface area contributed by atoms with E-state index in [4.69, 9.17) is 0 Å². The lowest BCUT2D eigenvalue weighted by Crippen LogP contribution is -2.44. The van der Waals surface area contributed by atoms with E-state index in [1.54, 1.807) is 28.4 Å². The van der Waals surface area contributed by atoms with Gasteiger partial charge in [0.05, 0.1) is 15.9 Å². The van der Waals surface area contributed by atoms with Gasteiger partial charge in [-0.3, -0.25) is 5.10 Å². The molecule has 1 aliphatic heterocycles. The number of aromatic amines is 1. The first kappa shape index (κ1) is 17.2. The van der Waals surface area contributed by atoms with E-state index >= 15 is 0 Å². The third-order valence-corrected chi connectivity index (χ3v) is 5.98. The van der Waals surface area contributed by atoms with Crippen molar-refractivity contribution in [3.05, 3.63) is 57.3 Å². The molecule has 1 aliphatic rings. The quantitative estimate of drug-likeness (QED) is 0.594. The fraction of sp³-hybridized carbons (Fsp3) is 0.222. The zero-order valence-electron chi connectivity index (χ0n) is 13.9. The lowest BCUT2D eigenvalue weighted by molar-refractivity contribution is 0.182. The number of hydrogen-bond donors (Lipinski definition) is 2. The predicted molar refractivity (Wildman–Crippen MR) is 104 cm³/mol. The first-order chi connectivity index (χ1) is 12.5. The Balaban J connectivity index is 1.57. The van der Waals surface area contributed by atoms with E-state index < -0.39 is 0 Å². The number of rotatable bonds is 2. The van der Waals surface area contributed by atoms with Crippen molar-refractivity contribution in [1.29, 1.82) is 0 Å². The maximum atomic E-state index is 13.4. The fourth-order valence-corrected chi connectivity index (χ4v) is 4.25. The molecule has 0 unspecified atom stereocenters. The van der Waals surface area contributed by atoms with Crippen LogP contribution in [0.15, 0.2) is 40.2 Å². The summed E-state index contributed by atoms with van der Waals surface area (Å²) in [6, 6.07) is 8.27. The molecule has 0 spiro atoms. The number of urea groups is 1. The molecule has 2 N–H and O–H groups in total. The molecule has 2 aromatic heterocycles. The van der Waals surface area contributed by atoms with Crippen molar-refractivity contribution in [1.82, 2.24) is 15.1 Å². The van der Waals surface area contributed by atoms with Crippen molar-refractivity contribution in [2.45, 2.75) is 25.9 Å². The molecular formula is C18H16BrFN4OS. The van der Waals surface area contributed by atoms with Gasteiger partial charge >= 0.3 is 6.03 Å². The highest BCUT2D eigenvalue weighted by atomic mass is 79.9. The highest BCUT2D eigenvalue weighted by Gasteiger charge is 2.31. The van der Waals surface area contributed by atoms with Crippen LogP contribution in [0.5, 0.6) is 0 Å². The number of anilines is 1. The van der Waals surface area contributed by atoms with Gasteiger partial charge < -0.3 is 10.2 Å². The van der Waals surface area contributed by atoms with E-state index in [1.165, 1.54) is 6.07 Å². The third kappa shape index (κ3) is 3.14. The number of thiophene rings is 1. The second-order valence-corrected chi connectivity index (χ2v) is 8.05. The molecule has 1 atom stereocenters. The first-order valence-corrected chi connectivity index (χ1v) is 9.83. The van der Waals surface area contributed by atoms with Gasteiger partial charge in [-0.25, -0.2) is 9.18 Å². The monoisotopic (exact) mass is 434 g/mol. The summed E-state index contributed by atoms with van der Waals surface area (Å²) in [4.78, 5) is 15.6. The van der Waals surface area contributed by atoms with Crippen molar-refractivity contribution in [3.8, 4) is 10.6 Å². The highest BCUT2D eigenvalue weighted by molar-refractivity contribution is 9.10. The molecule has 26 heavy (non-hydrogen) atoms. The van der Waals surface area contributed by atoms with E-state index in [1.807, 2.05) is 24.4 Å². The van der Waals surface area contributed by atoms with Crippen molar-refractivity contribution in [2.75, 3.05) is 5.32 Å². The second-order valence-electron chi connectivity index (χ2n) is 6.25. The summed E-state index contributed by atoms with van der Waals surface area (Å²) >= 11 is 4.77. The summed E-state index contributed by atoms with van der Waals surface area (Å²) in [6.45, 7) is 2.49. The molecule has 3 aromatic rings. The predicted octanol–water partition coefficient (Wildman–Crippen LogP) is 5.02. The van der Waals surface area contributed by atoms with Gasteiger partial charge in [-0.1, -0.05) is 6.07 Å². The van der Waals surface area contributed by atoms with Gasteiger partial charge in [0.25, 0.3) is 0 Å². The lowest BCUT2D eigenvalue weighted by atomic mass is 9.99. The number of carbonyl (C=O) groups is 1. The van der Waals surface area contributed by atoms with Crippen LogP contribution in [0.25, 0.3) is 10.6 Å². The van der Waals surface area contributed by atoms with Crippen LogP contribution in [0.1, 0.15) is 18.2 Å². The summed E-state index contributed by atoms with van der Waals surface area (Å²) in [6.07, 6.45) is 0.717. The molecule has 134 valence electrons. The van der Waals surface area contributed by atoms with Crippen LogP contribution in [-0.2, 0) is 13.0 Å². The van der Waals surface area contributed by atoms with Gasteiger partial charge in [-0.2, -0.15) is 5.10 Å². The van der Waals surface area contributed by atoms with Crippen LogP contribution in [0.4, 0.5) is 14.9 Å². The molecular weight excluding hydrogens is 419 g/mol. The van der Waals surface area contributed by atoms with Crippen molar-refractivity contribution in [2.24, 2.45) is 0 Å². The first-order valence-electron chi connectivity index (χ1n) is 8.15. The average molecular weight is 435 g/mol. The summed E-state index contributed by atoms with van der Waals surface area (Å²) in [5, 5.41) is 12.4. The van der Waals surface area contributed by atoms with Crippen molar-refractivity contribution < 1.29 is 9.18 Å². The molecule has 2 amide bonds. The molecule has 0 saturated heterocycles. The zero-order chi connectivity index (χ0) is 18.3. The minimum absolute atomic E-state index is 0.0306. The van der Waals surface area contributed by atoms with Crippen LogP contribution in [-0.4, -0.2) is 27.2 Å². The topological polar surface area (TPSA) is 61.0 Å². The molecule has 5 nitrogen and oxygen atoms in total. The third-order valence-electron chi connectivity index (χ3n) is 4.50. The minimum Gasteiger partial charge on any atom is -0.317 e. The number of amides is 2. The Morgan fingerprint density at radius 3 is 3.04 bits per heavy atom. The molecule has 1 aromatic carbocycles. The van der Waals surface area contributed by atoms with Crippen LogP contribution in [0, 0.1) is 5.82 Å². The van der Waals surface area contributed by atoms with Gasteiger partial charge in [0, 0.05) is 29.4 Å². The standard InChI is InChI=1S/C18H16BrFN4OS/c1-10-7-15-12(17(23-22-15)16-3-2-6-26-16)9-24(10)18(25)21-11-4-5-14(20)13(19)8-11/h2-6,8,10H,7,9H2,1H3,(H,21,25)(H,22,23)/t10-/m0/s1. The summed E-state index contributed by atoms with van der Waals surface area (Å²) < 4.78 is 13.7. The Kier molecular flexibility index (Phi) is 4.54. The molecule has 3 heterocycles. The van der Waals surface area contributed by atoms with Gasteiger partial charge in [0.1, 0.15) is 11.5 Å². The van der Waals surface area contributed by atoms with Crippen LogP contribution < -0.4 is 5.32 Å². The number of halogens is 2. The SMILES string of the molecule is C[C@H]1Cc2[nH]nc(-c3cccs3)c2CN1C(=O)Nc1ccc(F)c(Br)c1. The Hall–Kier alpha value is -2.19. The largest absolute Gasteiger partial charge is 0.322 e. The van der Waals surface area contributed by atoms with Gasteiger partial charge in [-0.15, -0.1) is 11.3 Å². The van der Waals surface area contributed by atoms with E-state index in [2.05, 4.69) is 31.4 Å². The maximum absolute atomic E-state index is 13.4. The summed E-state index contributed by atoms with van der Waals surface area (Å²) in [5.41, 5.74) is 3.59. The van der Waals surface area contributed by atoms with Gasteiger partial charge in [-0.05, 0) is 52.5 Å². The number of nitrogens with one attached hydrogen (secondary N) is 2. The van der Waals surface area contributed by atoms with Crippen molar-refractivity contribution in [3.63, 3.8) is 0 Å². The van der Waals surface area contributed by atoms with E-state index in [0.29, 0.717) is 23.1 Å². The Bertz CT molecular complexity index is 956. The number of H-pyrrole nitrogens is 1. The molecule has 0 fully saturated rings. The highest BCUT2D eigenvalue weighted by Crippen LogP contribution is 2.33. The molecule has 0 radical (unpaired) electrons. The normalized spacial score (nSPS) is 16.4. The molecule has 0 aliphatic carbocycles. The molecule has 0 bridgehead atoms. The zero-order valence-corrected chi connectivity index (χ0v) is 16.3. The molecule has 0 saturated carbocycles. The lowest BCUT2D eigenvalue weighted by Gasteiger charge is -2.33. The number of fused-ring (bicyclic) bond motifs is 1. The Labute approximate surface area is 162 Å². The summed E-state index contributed by atoms with van der Waals surface area (Å²) in [5.74, 6) is -0.363. The van der Waals surface area contributed by atoms with Crippen LogP contribution >= 0.6 is 27.3 Å². The number of benzene rings is 1. The Morgan fingerprint density at radius 1 is 1.46 bits per heavy atom. The summed E-state index contributed by atoms with van der Waals surface area (Å²) in [7, 11) is 0. The average Bonchev–Trinajstić information content (AvgIpc) is 3.26. The number of nitrogens with zero attached hydrogens (tertiary/aromatic N) is 2. The van der Waals surface area contributed by atoms with E-state index in [-0.39, 0.29) is 17.9 Å². The number of aromatic nitrogens is 2. The van der Waals surface area contributed by atoms with Crippen LogP contribution in [0.3, 0.4) is 0 Å². The smallest absolute Gasteiger partial charge is 0.317 e. The minimum atomic E-state index is -0.363. The number of hydrogen-bond acceptors (Lipinski definition) is 3. The fourth-order valence-electron chi connectivity index (χ4n) is 3.13. The van der Waals surface area contributed by atoms with Gasteiger partial charge in [0.15, 0.2) is 0 Å². The van der Waals surface area contributed by atoms with E-state index in [9.17, 15) is 9.18 Å². The Morgan fingerprint density at radius 2 is 2.31 bits per heavy atom. The van der Waals surface area contributed by atoms with Gasteiger partial charge in [0.2, 0.25) is 0 Å². The van der Waals surface area contributed by atoms with Crippen LogP contribution in [0.2, 0.25) is 0 Å². The molecule has 4 rings (SSSR count).